The minimum absolute atomic E-state index is 0.0563. The Morgan fingerprint density at radius 2 is 1.90 bits per heavy atom. The Labute approximate surface area is 171 Å². The van der Waals surface area contributed by atoms with Crippen molar-refractivity contribution >= 4 is 21.9 Å². The van der Waals surface area contributed by atoms with Gasteiger partial charge in [0.05, 0.1) is 18.5 Å². The lowest BCUT2D eigenvalue weighted by atomic mass is 9.93. The summed E-state index contributed by atoms with van der Waals surface area (Å²) >= 11 is 0. The number of aliphatic carboxylic acids is 1. The van der Waals surface area contributed by atoms with Gasteiger partial charge in [-0.2, -0.15) is 17.5 Å². The first-order valence-electron chi connectivity index (χ1n) is 9.03. The van der Waals surface area contributed by atoms with Crippen molar-refractivity contribution in [2.24, 2.45) is 11.8 Å². The molecule has 2 aliphatic rings. The van der Waals surface area contributed by atoms with Crippen molar-refractivity contribution in [2.75, 3.05) is 32.0 Å². The fourth-order valence-corrected chi connectivity index (χ4v) is 4.35. The number of carbonyl (C=O) groups is 2. The highest BCUT2D eigenvalue weighted by Crippen LogP contribution is 2.34. The third kappa shape index (κ3) is 6.12. The maximum atomic E-state index is 12.1. The number of pyridine rings is 1. The molecule has 3 atom stereocenters. The first kappa shape index (κ1) is 24.0. The molecule has 3 rings (SSSR count). The number of halogens is 3. The van der Waals surface area contributed by atoms with Crippen molar-refractivity contribution in [3.8, 4) is 0 Å². The van der Waals surface area contributed by atoms with Gasteiger partial charge in [0.1, 0.15) is 0 Å². The minimum Gasteiger partial charge on any atom is -0.475 e. The SMILES string of the molecule is CCS(=O)(=O)N1C[C@@H]2[C@@H](CNC(=O)c3ccncc3)CO[C@@H]2C1.O=C(O)C(F)(F)F. The number of fused-ring (bicyclic) bond motifs is 1. The zero-order valence-corrected chi connectivity index (χ0v) is 16.8. The molecule has 3 heterocycles. The standard InChI is InChI=1S/C15H21N3O4S.C2HF3O2/c1-2-23(20,21)18-8-13-12(10-22-14(13)9-18)7-17-15(19)11-3-5-16-6-4-11;3-2(4,5)1(6)7/h3-6,12-14H,2,7-10H2,1H3,(H,17,19);(H,6,7)/t12-,13+,14+;/m0./s1. The van der Waals surface area contributed by atoms with Crippen LogP contribution in [-0.2, 0) is 19.6 Å². The van der Waals surface area contributed by atoms with Crippen LogP contribution in [0.1, 0.15) is 17.3 Å². The van der Waals surface area contributed by atoms with Gasteiger partial charge < -0.3 is 15.2 Å². The van der Waals surface area contributed by atoms with Crippen LogP contribution >= 0.6 is 0 Å². The second-order valence-corrected chi connectivity index (χ2v) is 9.02. The van der Waals surface area contributed by atoms with Crippen LogP contribution in [0.5, 0.6) is 0 Å². The van der Waals surface area contributed by atoms with Crippen LogP contribution in [0.3, 0.4) is 0 Å². The van der Waals surface area contributed by atoms with Gasteiger partial charge in [0, 0.05) is 49.4 Å². The lowest BCUT2D eigenvalue weighted by molar-refractivity contribution is -0.192. The Kier molecular flexibility index (Phi) is 7.77. The fourth-order valence-electron chi connectivity index (χ4n) is 3.21. The largest absolute Gasteiger partial charge is 0.490 e. The zero-order valence-electron chi connectivity index (χ0n) is 16.0. The molecular weight excluding hydrogens is 431 g/mol. The van der Waals surface area contributed by atoms with E-state index in [4.69, 9.17) is 14.6 Å². The number of hydrogen-bond donors (Lipinski definition) is 2. The molecule has 1 aromatic rings. The van der Waals surface area contributed by atoms with E-state index in [2.05, 4.69) is 10.3 Å². The van der Waals surface area contributed by atoms with E-state index in [1.807, 2.05) is 0 Å². The minimum atomic E-state index is -5.08. The van der Waals surface area contributed by atoms with Crippen molar-refractivity contribution in [3.63, 3.8) is 0 Å². The number of nitrogens with one attached hydrogen (secondary N) is 1. The molecule has 0 aliphatic carbocycles. The van der Waals surface area contributed by atoms with Gasteiger partial charge in [-0.3, -0.25) is 9.78 Å². The molecule has 0 bridgehead atoms. The van der Waals surface area contributed by atoms with E-state index >= 15 is 0 Å². The van der Waals surface area contributed by atoms with Gasteiger partial charge in [0.2, 0.25) is 10.0 Å². The van der Waals surface area contributed by atoms with Crippen molar-refractivity contribution in [3.05, 3.63) is 30.1 Å². The van der Waals surface area contributed by atoms with Crippen molar-refractivity contribution in [1.82, 2.24) is 14.6 Å². The first-order valence-corrected chi connectivity index (χ1v) is 10.6. The summed E-state index contributed by atoms with van der Waals surface area (Å²) in [5.41, 5.74) is 0.567. The van der Waals surface area contributed by atoms with Gasteiger partial charge in [0.25, 0.3) is 5.91 Å². The number of carboxylic acids is 1. The smallest absolute Gasteiger partial charge is 0.475 e. The lowest BCUT2D eigenvalue weighted by Crippen LogP contribution is -2.35. The van der Waals surface area contributed by atoms with Crippen molar-refractivity contribution < 1.29 is 41.0 Å². The number of aromatic nitrogens is 1. The zero-order chi connectivity index (χ0) is 22.5. The second-order valence-electron chi connectivity index (χ2n) is 6.76. The fraction of sp³-hybridized carbons (Fsp3) is 0.588. The molecule has 0 radical (unpaired) electrons. The summed E-state index contributed by atoms with van der Waals surface area (Å²) in [6.07, 6.45) is -1.98. The topological polar surface area (TPSA) is 126 Å². The molecule has 2 fully saturated rings. The number of hydrogen-bond acceptors (Lipinski definition) is 6. The molecule has 2 aliphatic heterocycles. The van der Waals surface area contributed by atoms with E-state index in [0.29, 0.717) is 31.8 Å². The number of nitrogens with zero attached hydrogens (tertiary/aromatic N) is 2. The highest BCUT2D eigenvalue weighted by atomic mass is 32.2. The van der Waals surface area contributed by atoms with Crippen LogP contribution in [0.4, 0.5) is 13.2 Å². The molecule has 0 aromatic carbocycles. The summed E-state index contributed by atoms with van der Waals surface area (Å²) in [5, 5.41) is 10.0. The van der Waals surface area contributed by atoms with Gasteiger partial charge >= 0.3 is 12.1 Å². The number of carboxylic acid groups (broad SMARTS) is 1. The molecule has 9 nitrogen and oxygen atoms in total. The highest BCUT2D eigenvalue weighted by molar-refractivity contribution is 7.89. The molecule has 0 spiro atoms. The van der Waals surface area contributed by atoms with Crippen LogP contribution in [-0.4, -0.2) is 79.0 Å². The number of sulfonamides is 1. The van der Waals surface area contributed by atoms with Crippen molar-refractivity contribution in [1.29, 1.82) is 0 Å². The maximum absolute atomic E-state index is 12.1. The summed E-state index contributed by atoms with van der Waals surface area (Å²) in [5.74, 6) is -2.51. The maximum Gasteiger partial charge on any atom is 0.490 e. The van der Waals surface area contributed by atoms with Gasteiger partial charge in [-0.25, -0.2) is 13.2 Å². The van der Waals surface area contributed by atoms with E-state index in [9.17, 15) is 26.4 Å². The molecule has 2 saturated heterocycles. The second kappa shape index (κ2) is 9.71. The molecule has 13 heteroatoms. The number of amides is 1. The Hall–Kier alpha value is -2.25. The van der Waals surface area contributed by atoms with Crippen LogP contribution in [0.25, 0.3) is 0 Å². The number of carbonyl (C=O) groups excluding carboxylic acids is 1. The predicted octanol–water partition coefficient (Wildman–Crippen LogP) is 0.741. The molecule has 30 heavy (non-hydrogen) atoms. The summed E-state index contributed by atoms with van der Waals surface area (Å²) < 4.78 is 62.9. The average molecular weight is 453 g/mol. The normalized spacial score (nSPS) is 23.9. The summed E-state index contributed by atoms with van der Waals surface area (Å²) in [6, 6.07) is 3.32. The van der Waals surface area contributed by atoms with E-state index in [1.54, 1.807) is 31.5 Å². The van der Waals surface area contributed by atoms with Crippen LogP contribution < -0.4 is 5.32 Å². The molecule has 0 saturated carbocycles. The van der Waals surface area contributed by atoms with Gasteiger partial charge in [-0.05, 0) is 19.1 Å². The third-order valence-electron chi connectivity index (χ3n) is 4.87. The Morgan fingerprint density at radius 3 is 2.43 bits per heavy atom. The van der Waals surface area contributed by atoms with Crippen LogP contribution in [0.15, 0.2) is 24.5 Å². The van der Waals surface area contributed by atoms with Crippen LogP contribution in [0, 0.1) is 11.8 Å². The van der Waals surface area contributed by atoms with E-state index in [0.717, 1.165) is 0 Å². The molecule has 0 unspecified atom stereocenters. The Balaban J connectivity index is 0.000000396. The van der Waals surface area contributed by atoms with Crippen LogP contribution in [0.2, 0.25) is 0 Å². The number of ether oxygens (including phenoxy) is 1. The molecule has 1 aromatic heterocycles. The quantitative estimate of drug-likeness (QED) is 0.674. The van der Waals surface area contributed by atoms with E-state index < -0.39 is 22.2 Å². The summed E-state index contributed by atoms with van der Waals surface area (Å²) in [4.78, 5) is 24.9. The molecule has 168 valence electrons. The first-order chi connectivity index (χ1) is 14.0. The van der Waals surface area contributed by atoms with Gasteiger partial charge in [-0.15, -0.1) is 0 Å². The molecule has 2 N–H and O–H groups in total. The third-order valence-corrected chi connectivity index (χ3v) is 6.69. The number of rotatable bonds is 5. The molecular formula is C17H22F3N3O6S. The Morgan fingerprint density at radius 1 is 1.30 bits per heavy atom. The highest BCUT2D eigenvalue weighted by Gasteiger charge is 2.46. The summed E-state index contributed by atoms with van der Waals surface area (Å²) in [6.45, 7) is 3.61. The van der Waals surface area contributed by atoms with E-state index in [-0.39, 0.29) is 29.6 Å². The molecule has 1 amide bonds. The summed E-state index contributed by atoms with van der Waals surface area (Å²) in [7, 11) is -3.18. The van der Waals surface area contributed by atoms with Crippen molar-refractivity contribution in [2.45, 2.75) is 19.2 Å². The Bertz CT molecular complexity index is 850. The monoisotopic (exact) mass is 453 g/mol. The number of alkyl halides is 3. The van der Waals surface area contributed by atoms with E-state index in [1.165, 1.54) is 4.31 Å². The van der Waals surface area contributed by atoms with Gasteiger partial charge in [-0.1, -0.05) is 0 Å². The lowest BCUT2D eigenvalue weighted by Gasteiger charge is -2.19. The van der Waals surface area contributed by atoms with Gasteiger partial charge in [0.15, 0.2) is 0 Å². The average Bonchev–Trinajstić information content (AvgIpc) is 3.28. The predicted molar refractivity (Wildman–Crippen MR) is 98.0 cm³/mol.